The number of thiophene rings is 1. The van der Waals surface area contributed by atoms with Crippen LogP contribution in [-0.2, 0) is 4.79 Å². The summed E-state index contributed by atoms with van der Waals surface area (Å²) < 4.78 is 1.04. The second-order valence-electron chi connectivity index (χ2n) is 1.95. The van der Waals surface area contributed by atoms with Crippen LogP contribution in [-0.4, -0.2) is 11.1 Å². The van der Waals surface area contributed by atoms with Gasteiger partial charge in [0.15, 0.2) is 0 Å². The fraction of sp³-hybridized carbons (Fsp3) is 0. The first-order valence-electron chi connectivity index (χ1n) is 2.95. The highest BCUT2D eigenvalue weighted by molar-refractivity contribution is 7.20. The van der Waals surface area contributed by atoms with Gasteiger partial charge >= 0.3 is 5.97 Å². The van der Waals surface area contributed by atoms with Gasteiger partial charge in [-0.25, -0.2) is 4.79 Å². The lowest BCUT2D eigenvalue weighted by Gasteiger charge is -1.83. The number of halogens is 2. The lowest BCUT2D eigenvalue weighted by atomic mass is 10.3. The summed E-state index contributed by atoms with van der Waals surface area (Å²) in [5, 5.41) is 8.31. The Morgan fingerprint density at radius 2 is 2.25 bits per heavy atom. The van der Waals surface area contributed by atoms with Crippen molar-refractivity contribution in [3.8, 4) is 0 Å². The summed E-state index contributed by atoms with van der Waals surface area (Å²) in [5.41, 5.74) is 0.633. The van der Waals surface area contributed by atoms with Gasteiger partial charge < -0.3 is 5.11 Å². The van der Waals surface area contributed by atoms with E-state index in [2.05, 4.69) is 0 Å². The Morgan fingerprint density at radius 1 is 1.58 bits per heavy atom. The van der Waals surface area contributed by atoms with E-state index in [-0.39, 0.29) is 0 Å². The molecular formula is C7H4Cl2O2S. The van der Waals surface area contributed by atoms with Gasteiger partial charge in [0.2, 0.25) is 0 Å². The highest BCUT2D eigenvalue weighted by Crippen LogP contribution is 2.31. The summed E-state index contributed by atoms with van der Waals surface area (Å²) in [6.07, 6.45) is 2.43. The average Bonchev–Trinajstić information content (AvgIpc) is 2.26. The van der Waals surface area contributed by atoms with Crippen molar-refractivity contribution in [2.45, 2.75) is 0 Å². The molecule has 0 amide bonds. The van der Waals surface area contributed by atoms with Crippen LogP contribution in [0.3, 0.4) is 0 Å². The first-order chi connectivity index (χ1) is 5.59. The molecule has 1 rings (SSSR count). The van der Waals surface area contributed by atoms with Crippen LogP contribution in [0.15, 0.2) is 12.1 Å². The van der Waals surface area contributed by atoms with E-state index in [1.807, 2.05) is 0 Å². The van der Waals surface area contributed by atoms with Gasteiger partial charge in [0.25, 0.3) is 0 Å². The van der Waals surface area contributed by atoms with E-state index in [0.29, 0.717) is 14.2 Å². The zero-order valence-electron chi connectivity index (χ0n) is 5.75. The van der Waals surface area contributed by atoms with E-state index >= 15 is 0 Å². The van der Waals surface area contributed by atoms with Gasteiger partial charge in [-0.1, -0.05) is 23.2 Å². The van der Waals surface area contributed by atoms with Crippen molar-refractivity contribution in [2.24, 2.45) is 0 Å². The summed E-state index contributed by atoms with van der Waals surface area (Å²) in [7, 11) is 0. The predicted octanol–water partition coefficient (Wildman–Crippen LogP) is 3.15. The number of carboxylic acids is 1. The highest BCUT2D eigenvalue weighted by Gasteiger charge is 2.02. The molecule has 0 bridgehead atoms. The third-order valence-corrected chi connectivity index (χ3v) is 2.61. The summed E-state index contributed by atoms with van der Waals surface area (Å²) in [6.45, 7) is 0. The van der Waals surface area contributed by atoms with Crippen LogP contribution in [0.4, 0.5) is 0 Å². The highest BCUT2D eigenvalue weighted by atomic mass is 35.5. The first-order valence-corrected chi connectivity index (χ1v) is 4.52. The number of rotatable bonds is 2. The van der Waals surface area contributed by atoms with E-state index in [1.165, 1.54) is 17.4 Å². The molecule has 64 valence electrons. The standard InChI is InChI=1S/C7H4Cl2O2S/c8-5-3-4(7(9)12-5)1-2-6(10)11/h1-3H,(H,10,11). The van der Waals surface area contributed by atoms with Gasteiger partial charge in [0, 0.05) is 11.6 Å². The molecule has 0 fully saturated rings. The van der Waals surface area contributed by atoms with Crippen molar-refractivity contribution < 1.29 is 9.90 Å². The Kier molecular flexibility index (Phi) is 3.14. The fourth-order valence-electron chi connectivity index (χ4n) is 0.628. The maximum Gasteiger partial charge on any atom is 0.328 e. The summed E-state index contributed by atoms with van der Waals surface area (Å²) >= 11 is 12.6. The average molecular weight is 223 g/mol. The van der Waals surface area contributed by atoms with Crippen LogP contribution in [0.25, 0.3) is 6.08 Å². The molecule has 0 aliphatic heterocycles. The molecule has 1 N–H and O–H groups in total. The molecule has 0 aliphatic carbocycles. The topological polar surface area (TPSA) is 37.3 Å². The Bertz CT molecular complexity index is 330. The second-order valence-corrected chi connectivity index (χ2v) is 4.24. The molecule has 2 nitrogen and oxygen atoms in total. The zero-order chi connectivity index (χ0) is 9.14. The fourth-order valence-corrected chi connectivity index (χ4v) is 2.06. The number of hydrogen-bond donors (Lipinski definition) is 1. The molecule has 0 aliphatic rings. The maximum atomic E-state index is 10.1. The SMILES string of the molecule is O=C(O)C=Cc1cc(Cl)sc1Cl. The molecule has 5 heteroatoms. The third-order valence-electron chi connectivity index (χ3n) is 1.09. The molecule has 1 aromatic rings. The van der Waals surface area contributed by atoms with Crippen LogP contribution in [0, 0.1) is 0 Å². The smallest absolute Gasteiger partial charge is 0.328 e. The third kappa shape index (κ3) is 2.52. The molecule has 1 aromatic heterocycles. The van der Waals surface area contributed by atoms with Gasteiger partial charge in [0.1, 0.15) is 4.34 Å². The normalized spacial score (nSPS) is 10.8. The molecule has 0 saturated carbocycles. The van der Waals surface area contributed by atoms with Crippen molar-refractivity contribution in [3.63, 3.8) is 0 Å². The molecule has 0 atom stereocenters. The van der Waals surface area contributed by atoms with E-state index in [0.717, 1.165) is 6.08 Å². The minimum Gasteiger partial charge on any atom is -0.478 e. The van der Waals surface area contributed by atoms with Crippen molar-refractivity contribution >= 4 is 46.6 Å². The largest absolute Gasteiger partial charge is 0.478 e. The van der Waals surface area contributed by atoms with Crippen LogP contribution in [0.1, 0.15) is 5.56 Å². The number of carbonyl (C=O) groups is 1. The minimum absolute atomic E-state index is 0.498. The predicted molar refractivity (Wildman–Crippen MR) is 51.0 cm³/mol. The van der Waals surface area contributed by atoms with Crippen molar-refractivity contribution in [1.82, 2.24) is 0 Å². The Morgan fingerprint density at radius 3 is 2.67 bits per heavy atom. The van der Waals surface area contributed by atoms with Crippen LogP contribution in [0.5, 0.6) is 0 Å². The minimum atomic E-state index is -1.01. The molecule has 0 aromatic carbocycles. The van der Waals surface area contributed by atoms with E-state index < -0.39 is 5.97 Å². The maximum absolute atomic E-state index is 10.1. The lowest BCUT2D eigenvalue weighted by Crippen LogP contribution is -1.84. The summed E-state index contributed by atoms with van der Waals surface area (Å²) in [4.78, 5) is 10.1. The van der Waals surface area contributed by atoms with Crippen molar-refractivity contribution in [2.75, 3.05) is 0 Å². The van der Waals surface area contributed by atoms with E-state index in [1.54, 1.807) is 6.07 Å². The molecule has 12 heavy (non-hydrogen) atoms. The van der Waals surface area contributed by atoms with Crippen LogP contribution in [0.2, 0.25) is 8.67 Å². The van der Waals surface area contributed by atoms with E-state index in [9.17, 15) is 4.79 Å². The van der Waals surface area contributed by atoms with Crippen LogP contribution >= 0.6 is 34.5 Å². The van der Waals surface area contributed by atoms with Gasteiger partial charge in [-0.2, -0.15) is 0 Å². The van der Waals surface area contributed by atoms with Gasteiger partial charge in [0.05, 0.1) is 4.34 Å². The zero-order valence-corrected chi connectivity index (χ0v) is 8.08. The summed E-state index contributed by atoms with van der Waals surface area (Å²) in [5.74, 6) is -1.01. The Labute approximate surface area is 83.0 Å². The molecule has 0 unspecified atom stereocenters. The quantitative estimate of drug-likeness (QED) is 0.782. The van der Waals surface area contributed by atoms with E-state index in [4.69, 9.17) is 28.3 Å². The Hall–Kier alpha value is -0.510. The number of hydrogen-bond acceptors (Lipinski definition) is 2. The second kappa shape index (κ2) is 3.94. The number of carboxylic acid groups (broad SMARTS) is 1. The summed E-state index contributed by atoms with van der Waals surface area (Å²) in [6, 6.07) is 1.62. The molecule has 0 saturated heterocycles. The number of aliphatic carboxylic acids is 1. The lowest BCUT2D eigenvalue weighted by molar-refractivity contribution is -0.131. The van der Waals surface area contributed by atoms with Crippen molar-refractivity contribution in [1.29, 1.82) is 0 Å². The van der Waals surface area contributed by atoms with Crippen LogP contribution < -0.4 is 0 Å². The van der Waals surface area contributed by atoms with Gasteiger partial charge in [-0.15, -0.1) is 11.3 Å². The monoisotopic (exact) mass is 222 g/mol. The van der Waals surface area contributed by atoms with Gasteiger partial charge in [-0.3, -0.25) is 0 Å². The molecule has 0 radical (unpaired) electrons. The Balaban J connectivity index is 2.89. The molecule has 0 spiro atoms. The first kappa shape index (κ1) is 9.58. The molecule has 1 heterocycles. The molecular weight excluding hydrogens is 219 g/mol. The van der Waals surface area contributed by atoms with Crippen molar-refractivity contribution in [3.05, 3.63) is 26.4 Å². The van der Waals surface area contributed by atoms with Gasteiger partial charge in [-0.05, 0) is 12.1 Å².